The second kappa shape index (κ2) is 9.56. The zero-order valence-corrected chi connectivity index (χ0v) is 16.1. The van der Waals surface area contributed by atoms with Crippen molar-refractivity contribution in [2.75, 3.05) is 18.4 Å². The zero-order valence-electron chi connectivity index (χ0n) is 14.5. The monoisotopic (exact) mass is 395 g/mol. The Kier molecular flexibility index (Phi) is 7.44. The van der Waals surface area contributed by atoms with Crippen molar-refractivity contribution in [2.24, 2.45) is 0 Å². The maximum Gasteiger partial charge on any atom is 0.255 e. The minimum atomic E-state index is -2.38. The van der Waals surface area contributed by atoms with E-state index in [0.717, 1.165) is 11.1 Å². The summed E-state index contributed by atoms with van der Waals surface area (Å²) in [6.07, 6.45) is 1.27. The third kappa shape index (κ3) is 5.45. The highest BCUT2D eigenvalue weighted by molar-refractivity contribution is 7.80. The number of amides is 1. The summed E-state index contributed by atoms with van der Waals surface area (Å²) < 4.78 is 29.4. The van der Waals surface area contributed by atoms with E-state index in [1.54, 1.807) is 24.3 Å². The molecular formula is C18H20ClN2O4S-. The Morgan fingerprint density at radius 2 is 2.04 bits per heavy atom. The van der Waals surface area contributed by atoms with Crippen LogP contribution in [-0.2, 0) is 24.1 Å². The van der Waals surface area contributed by atoms with Gasteiger partial charge >= 0.3 is 0 Å². The summed E-state index contributed by atoms with van der Waals surface area (Å²) in [6.45, 7) is 2.34. The highest BCUT2D eigenvalue weighted by atomic mass is 35.5. The largest absolute Gasteiger partial charge is 0.755 e. The lowest BCUT2D eigenvalue weighted by molar-refractivity contribution is 0.0951. The van der Waals surface area contributed by atoms with E-state index >= 15 is 0 Å². The van der Waals surface area contributed by atoms with E-state index in [4.69, 9.17) is 16.3 Å². The van der Waals surface area contributed by atoms with E-state index in [1.807, 2.05) is 19.1 Å². The van der Waals surface area contributed by atoms with Crippen molar-refractivity contribution in [2.45, 2.75) is 19.8 Å². The molecule has 26 heavy (non-hydrogen) atoms. The van der Waals surface area contributed by atoms with Crippen molar-refractivity contribution in [3.05, 3.63) is 58.1 Å². The normalized spacial score (nSPS) is 11.7. The van der Waals surface area contributed by atoms with E-state index in [1.165, 1.54) is 7.11 Å². The number of methoxy groups -OCH3 is 1. The van der Waals surface area contributed by atoms with Crippen LogP contribution in [0.4, 0.5) is 5.69 Å². The van der Waals surface area contributed by atoms with E-state index in [-0.39, 0.29) is 5.91 Å². The van der Waals surface area contributed by atoms with Crippen molar-refractivity contribution in [1.82, 2.24) is 5.32 Å². The molecule has 8 heteroatoms. The molecule has 0 aliphatic rings. The number of ether oxygens (including phenoxy) is 1. The molecule has 6 nitrogen and oxygen atoms in total. The molecular weight excluding hydrogens is 376 g/mol. The number of carbonyl (C=O) groups is 1. The topological polar surface area (TPSA) is 90.5 Å². The Labute approximate surface area is 160 Å². The molecule has 1 amide bonds. The number of benzene rings is 2. The summed E-state index contributed by atoms with van der Waals surface area (Å²) >= 11 is 3.57. The lowest BCUT2D eigenvalue weighted by atomic mass is 10.1. The smallest absolute Gasteiger partial charge is 0.255 e. The Hall–Kier alpha value is -2.09. The maximum atomic E-state index is 12.3. The Balaban J connectivity index is 2.02. The molecule has 0 heterocycles. The van der Waals surface area contributed by atoms with Crippen LogP contribution in [0.3, 0.4) is 0 Å². The molecule has 1 unspecified atom stereocenters. The van der Waals surface area contributed by atoms with Crippen LogP contribution in [0.5, 0.6) is 5.75 Å². The molecule has 0 saturated heterocycles. The van der Waals surface area contributed by atoms with Gasteiger partial charge in [0.15, 0.2) is 0 Å². The van der Waals surface area contributed by atoms with Gasteiger partial charge in [0.2, 0.25) is 0 Å². The van der Waals surface area contributed by atoms with Gasteiger partial charge in [0.05, 0.1) is 12.7 Å². The molecule has 0 aliphatic carbocycles. The number of nitrogens with one attached hydrogen (secondary N) is 2. The Morgan fingerprint density at radius 1 is 1.27 bits per heavy atom. The molecule has 2 N–H and O–H groups in total. The van der Waals surface area contributed by atoms with Gasteiger partial charge in [0.25, 0.3) is 5.91 Å². The van der Waals surface area contributed by atoms with Crippen LogP contribution < -0.4 is 14.8 Å². The summed E-state index contributed by atoms with van der Waals surface area (Å²) in [4.78, 5) is 12.3. The van der Waals surface area contributed by atoms with Gasteiger partial charge < -0.3 is 19.3 Å². The van der Waals surface area contributed by atoms with Crippen molar-refractivity contribution in [1.29, 1.82) is 0 Å². The first kappa shape index (κ1) is 20.2. The maximum absolute atomic E-state index is 12.3. The average molecular weight is 396 g/mol. The Bertz CT molecular complexity index is 814. The number of hydrogen-bond acceptors (Lipinski definition) is 4. The molecule has 140 valence electrons. The number of carbonyl (C=O) groups excluding carboxylic acids is 1. The number of rotatable bonds is 8. The van der Waals surface area contributed by atoms with Crippen LogP contribution in [0.1, 0.15) is 28.4 Å². The third-order valence-electron chi connectivity index (χ3n) is 3.85. The molecule has 0 fully saturated rings. The molecule has 2 rings (SSSR count). The van der Waals surface area contributed by atoms with Crippen LogP contribution in [0.25, 0.3) is 0 Å². The molecule has 0 spiro atoms. The van der Waals surface area contributed by atoms with Gasteiger partial charge in [-0.3, -0.25) is 9.00 Å². The van der Waals surface area contributed by atoms with Crippen LogP contribution in [-0.4, -0.2) is 28.3 Å². The van der Waals surface area contributed by atoms with Crippen LogP contribution >= 0.6 is 11.6 Å². The first-order chi connectivity index (χ1) is 12.4. The van der Waals surface area contributed by atoms with Gasteiger partial charge in [-0.25, -0.2) is 0 Å². The van der Waals surface area contributed by atoms with Crippen LogP contribution in [0.15, 0.2) is 36.4 Å². The molecule has 0 saturated carbocycles. The summed E-state index contributed by atoms with van der Waals surface area (Å²) in [5, 5.41) is 3.27. The molecule has 2 aromatic rings. The van der Waals surface area contributed by atoms with Crippen molar-refractivity contribution < 1.29 is 18.3 Å². The van der Waals surface area contributed by atoms with Gasteiger partial charge in [0, 0.05) is 28.5 Å². The number of halogens is 1. The summed E-state index contributed by atoms with van der Waals surface area (Å²) in [5.74, 6) is 0.164. The zero-order chi connectivity index (χ0) is 19.1. The lowest BCUT2D eigenvalue weighted by Crippen LogP contribution is -2.26. The van der Waals surface area contributed by atoms with E-state index < -0.39 is 11.3 Å². The van der Waals surface area contributed by atoms with Gasteiger partial charge in [0.1, 0.15) is 5.75 Å². The standard InChI is InChI=1S/C18H21ClN2O4S/c1-3-13-5-4-12(10-16(13)21-26(23)24)8-9-20-18(22)15-11-14(19)6-7-17(15)25-2/h4-7,10-11,21H,3,8-9H2,1-2H3,(H,20,22)(H,23,24)/p-1. The molecule has 2 aromatic carbocycles. The molecule has 0 bridgehead atoms. The molecule has 0 radical (unpaired) electrons. The lowest BCUT2D eigenvalue weighted by Gasteiger charge is -2.14. The first-order valence-corrected chi connectivity index (χ1v) is 9.49. The number of anilines is 1. The molecule has 0 aliphatic heterocycles. The van der Waals surface area contributed by atoms with Crippen LogP contribution in [0, 0.1) is 0 Å². The fourth-order valence-electron chi connectivity index (χ4n) is 2.55. The van der Waals surface area contributed by atoms with Gasteiger partial charge in [-0.2, -0.15) is 0 Å². The molecule has 1 atom stereocenters. The SMILES string of the molecule is CCc1ccc(CCNC(=O)c2cc(Cl)ccc2OC)cc1NS(=O)[O-]. The fourth-order valence-corrected chi connectivity index (χ4v) is 3.09. The predicted octanol–water partition coefficient (Wildman–Crippen LogP) is 3.09. The highest BCUT2D eigenvalue weighted by Gasteiger charge is 2.12. The van der Waals surface area contributed by atoms with Gasteiger partial charge in [-0.15, -0.1) is 0 Å². The minimum absolute atomic E-state index is 0.284. The Morgan fingerprint density at radius 3 is 2.69 bits per heavy atom. The minimum Gasteiger partial charge on any atom is -0.755 e. The quantitative estimate of drug-likeness (QED) is 0.672. The van der Waals surface area contributed by atoms with E-state index in [9.17, 15) is 13.6 Å². The summed E-state index contributed by atoms with van der Waals surface area (Å²) in [6, 6.07) is 10.4. The van der Waals surface area contributed by atoms with Crippen molar-refractivity contribution in [3.8, 4) is 5.75 Å². The number of aryl methyl sites for hydroxylation is 1. The van der Waals surface area contributed by atoms with Crippen LogP contribution in [0.2, 0.25) is 5.02 Å². The summed E-state index contributed by atoms with van der Waals surface area (Å²) in [5.41, 5.74) is 2.74. The van der Waals surface area contributed by atoms with E-state index in [2.05, 4.69) is 10.0 Å². The summed E-state index contributed by atoms with van der Waals surface area (Å²) in [7, 11) is 1.49. The first-order valence-electron chi connectivity index (χ1n) is 8.04. The predicted molar refractivity (Wildman–Crippen MR) is 102 cm³/mol. The average Bonchev–Trinajstić information content (AvgIpc) is 2.61. The van der Waals surface area contributed by atoms with Crippen molar-refractivity contribution in [3.63, 3.8) is 0 Å². The van der Waals surface area contributed by atoms with Gasteiger partial charge in [-0.05, 0) is 48.2 Å². The second-order valence-corrected chi connectivity index (χ2v) is 6.64. The van der Waals surface area contributed by atoms with Gasteiger partial charge in [-0.1, -0.05) is 30.7 Å². The second-order valence-electron chi connectivity index (χ2n) is 5.53. The molecule has 0 aromatic heterocycles. The highest BCUT2D eigenvalue weighted by Crippen LogP contribution is 2.23. The third-order valence-corrected chi connectivity index (χ3v) is 4.48. The fraction of sp³-hybridized carbons (Fsp3) is 0.278. The van der Waals surface area contributed by atoms with Crippen molar-refractivity contribution >= 4 is 34.5 Å². The number of hydrogen-bond donors (Lipinski definition) is 2. The van der Waals surface area contributed by atoms with E-state index in [0.29, 0.717) is 41.4 Å².